The van der Waals surface area contributed by atoms with Gasteiger partial charge in [-0.1, -0.05) is 17.7 Å². The van der Waals surface area contributed by atoms with Crippen molar-refractivity contribution in [3.8, 4) is 0 Å². The summed E-state index contributed by atoms with van der Waals surface area (Å²) in [5.41, 5.74) is 2.64. The maximum atomic E-state index is 6.11. The highest BCUT2D eigenvalue weighted by atomic mass is 35.5. The quantitative estimate of drug-likeness (QED) is 0.885. The van der Waals surface area contributed by atoms with Gasteiger partial charge in [0.25, 0.3) is 0 Å². The Bertz CT molecular complexity index is 378. The number of aryl methyl sites for hydroxylation is 1. The third-order valence-corrected chi connectivity index (χ3v) is 3.82. The first-order chi connectivity index (χ1) is 8.22. The number of nitrogens with zero attached hydrogens (tertiary/aromatic N) is 1. The van der Waals surface area contributed by atoms with Crippen molar-refractivity contribution in [2.45, 2.75) is 32.2 Å². The van der Waals surface area contributed by atoms with E-state index >= 15 is 0 Å². The SMILES string of the molecule is CNCCC1CCCN1c1cc(Cl)ccc1C. The lowest BCUT2D eigenvalue weighted by molar-refractivity contribution is 0.585. The van der Waals surface area contributed by atoms with Crippen LogP contribution in [0.15, 0.2) is 18.2 Å². The summed E-state index contributed by atoms with van der Waals surface area (Å²) in [4.78, 5) is 2.53. The molecular formula is C14H21ClN2. The van der Waals surface area contributed by atoms with Gasteiger partial charge in [0.15, 0.2) is 0 Å². The summed E-state index contributed by atoms with van der Waals surface area (Å²) in [6, 6.07) is 6.86. The monoisotopic (exact) mass is 252 g/mol. The fourth-order valence-electron chi connectivity index (χ4n) is 2.66. The minimum Gasteiger partial charge on any atom is -0.368 e. The molecule has 1 aliphatic rings. The summed E-state index contributed by atoms with van der Waals surface area (Å²) < 4.78 is 0. The lowest BCUT2D eigenvalue weighted by Crippen LogP contribution is -2.32. The van der Waals surface area contributed by atoms with E-state index in [0.29, 0.717) is 6.04 Å². The lowest BCUT2D eigenvalue weighted by Gasteiger charge is -2.28. The fraction of sp³-hybridized carbons (Fsp3) is 0.571. The molecule has 1 heterocycles. The Kier molecular flexibility index (Phi) is 4.30. The molecule has 17 heavy (non-hydrogen) atoms. The van der Waals surface area contributed by atoms with Crippen LogP contribution >= 0.6 is 11.6 Å². The summed E-state index contributed by atoms with van der Waals surface area (Å²) in [6.07, 6.45) is 3.80. The number of hydrogen-bond acceptors (Lipinski definition) is 2. The predicted molar refractivity (Wildman–Crippen MR) is 75.1 cm³/mol. The van der Waals surface area contributed by atoms with E-state index in [-0.39, 0.29) is 0 Å². The Morgan fingerprint density at radius 1 is 1.47 bits per heavy atom. The fourth-order valence-corrected chi connectivity index (χ4v) is 2.82. The Hall–Kier alpha value is -0.730. The van der Waals surface area contributed by atoms with E-state index < -0.39 is 0 Å². The van der Waals surface area contributed by atoms with E-state index in [1.807, 2.05) is 13.1 Å². The smallest absolute Gasteiger partial charge is 0.0426 e. The third kappa shape index (κ3) is 2.93. The molecule has 1 unspecified atom stereocenters. The summed E-state index contributed by atoms with van der Waals surface area (Å²) in [7, 11) is 2.02. The molecule has 1 aromatic carbocycles. The number of benzene rings is 1. The van der Waals surface area contributed by atoms with Crippen LogP contribution in [0.4, 0.5) is 5.69 Å². The zero-order valence-corrected chi connectivity index (χ0v) is 11.4. The second-order valence-corrected chi connectivity index (χ2v) is 5.25. The first-order valence-electron chi connectivity index (χ1n) is 6.40. The maximum absolute atomic E-state index is 6.11. The van der Waals surface area contributed by atoms with Crippen molar-refractivity contribution in [2.75, 3.05) is 25.0 Å². The van der Waals surface area contributed by atoms with Gasteiger partial charge in [-0.3, -0.25) is 0 Å². The van der Waals surface area contributed by atoms with Crippen LogP contribution in [0.3, 0.4) is 0 Å². The van der Waals surface area contributed by atoms with E-state index in [1.165, 1.54) is 30.5 Å². The summed E-state index contributed by atoms with van der Waals surface area (Å²) in [5, 5.41) is 4.08. The van der Waals surface area contributed by atoms with Crippen LogP contribution in [-0.4, -0.2) is 26.2 Å². The van der Waals surface area contributed by atoms with E-state index in [1.54, 1.807) is 0 Å². The van der Waals surface area contributed by atoms with Gasteiger partial charge in [-0.25, -0.2) is 0 Å². The highest BCUT2D eigenvalue weighted by molar-refractivity contribution is 6.30. The normalized spacial score (nSPS) is 19.9. The molecule has 3 heteroatoms. The van der Waals surface area contributed by atoms with Gasteiger partial charge in [-0.2, -0.15) is 0 Å². The molecule has 94 valence electrons. The molecule has 1 fully saturated rings. The molecule has 0 bridgehead atoms. The Morgan fingerprint density at radius 3 is 3.06 bits per heavy atom. The molecule has 0 radical (unpaired) electrons. The van der Waals surface area contributed by atoms with Gasteiger partial charge in [0, 0.05) is 23.3 Å². The first-order valence-corrected chi connectivity index (χ1v) is 6.77. The molecule has 1 aliphatic heterocycles. The molecule has 2 nitrogen and oxygen atoms in total. The molecule has 1 atom stereocenters. The minimum atomic E-state index is 0.666. The zero-order valence-electron chi connectivity index (χ0n) is 10.7. The van der Waals surface area contributed by atoms with Crippen molar-refractivity contribution in [2.24, 2.45) is 0 Å². The van der Waals surface area contributed by atoms with Crippen molar-refractivity contribution >= 4 is 17.3 Å². The minimum absolute atomic E-state index is 0.666. The standard InChI is InChI=1S/C14H21ClN2/c1-11-5-6-12(15)10-14(11)17-9-3-4-13(17)7-8-16-2/h5-6,10,13,16H,3-4,7-9H2,1-2H3. The Morgan fingerprint density at radius 2 is 2.29 bits per heavy atom. The lowest BCUT2D eigenvalue weighted by atomic mass is 10.1. The predicted octanol–water partition coefficient (Wildman–Crippen LogP) is 3.23. The van der Waals surface area contributed by atoms with Gasteiger partial charge in [-0.15, -0.1) is 0 Å². The van der Waals surface area contributed by atoms with Crippen molar-refractivity contribution in [1.82, 2.24) is 5.32 Å². The number of nitrogens with one attached hydrogen (secondary N) is 1. The molecule has 2 rings (SSSR count). The van der Waals surface area contributed by atoms with Crippen LogP contribution in [0.5, 0.6) is 0 Å². The first kappa shape index (κ1) is 12.7. The maximum Gasteiger partial charge on any atom is 0.0426 e. The Balaban J connectivity index is 2.16. The van der Waals surface area contributed by atoms with Crippen LogP contribution in [-0.2, 0) is 0 Å². The van der Waals surface area contributed by atoms with Gasteiger partial charge in [0.2, 0.25) is 0 Å². The topological polar surface area (TPSA) is 15.3 Å². The molecule has 0 saturated carbocycles. The van der Waals surface area contributed by atoms with Crippen molar-refractivity contribution in [3.05, 3.63) is 28.8 Å². The highest BCUT2D eigenvalue weighted by Crippen LogP contribution is 2.31. The molecule has 0 spiro atoms. The largest absolute Gasteiger partial charge is 0.368 e. The number of rotatable bonds is 4. The van der Waals surface area contributed by atoms with E-state index in [4.69, 9.17) is 11.6 Å². The average molecular weight is 253 g/mol. The zero-order chi connectivity index (χ0) is 12.3. The second kappa shape index (κ2) is 5.74. The van der Waals surface area contributed by atoms with Crippen molar-refractivity contribution in [3.63, 3.8) is 0 Å². The van der Waals surface area contributed by atoms with Gasteiger partial charge in [-0.05, 0) is 57.5 Å². The van der Waals surface area contributed by atoms with Crippen LogP contribution < -0.4 is 10.2 Å². The molecule has 0 aromatic heterocycles. The third-order valence-electron chi connectivity index (χ3n) is 3.59. The highest BCUT2D eigenvalue weighted by Gasteiger charge is 2.25. The number of anilines is 1. The molecule has 1 N–H and O–H groups in total. The van der Waals surface area contributed by atoms with E-state index in [2.05, 4.69) is 29.3 Å². The van der Waals surface area contributed by atoms with Gasteiger partial charge in [0.05, 0.1) is 0 Å². The van der Waals surface area contributed by atoms with Crippen molar-refractivity contribution < 1.29 is 0 Å². The van der Waals surface area contributed by atoms with Gasteiger partial charge >= 0.3 is 0 Å². The van der Waals surface area contributed by atoms with E-state index in [0.717, 1.165) is 18.1 Å². The number of halogens is 1. The Labute approximate surface area is 109 Å². The number of hydrogen-bond donors (Lipinski definition) is 1. The summed E-state index contributed by atoms with van der Waals surface area (Å²) in [5.74, 6) is 0. The van der Waals surface area contributed by atoms with Crippen molar-refractivity contribution in [1.29, 1.82) is 0 Å². The summed E-state index contributed by atoms with van der Waals surface area (Å²) in [6.45, 7) is 4.41. The van der Waals surface area contributed by atoms with E-state index in [9.17, 15) is 0 Å². The average Bonchev–Trinajstić information content (AvgIpc) is 2.77. The van der Waals surface area contributed by atoms with Gasteiger partial charge < -0.3 is 10.2 Å². The molecule has 1 saturated heterocycles. The van der Waals surface area contributed by atoms with Crippen LogP contribution in [0.1, 0.15) is 24.8 Å². The second-order valence-electron chi connectivity index (χ2n) is 4.81. The molecule has 0 amide bonds. The molecule has 1 aromatic rings. The van der Waals surface area contributed by atoms with Crippen LogP contribution in [0.25, 0.3) is 0 Å². The molecular weight excluding hydrogens is 232 g/mol. The molecule has 0 aliphatic carbocycles. The summed E-state index contributed by atoms with van der Waals surface area (Å²) >= 11 is 6.11. The van der Waals surface area contributed by atoms with Crippen LogP contribution in [0, 0.1) is 6.92 Å². The van der Waals surface area contributed by atoms with Gasteiger partial charge in [0.1, 0.15) is 0 Å². The van der Waals surface area contributed by atoms with Crippen LogP contribution in [0.2, 0.25) is 5.02 Å².